The summed E-state index contributed by atoms with van der Waals surface area (Å²) in [4.78, 5) is 25.1. The zero-order chi connectivity index (χ0) is 25.7. The molecule has 0 aliphatic heterocycles. The lowest BCUT2D eigenvalue weighted by Crippen LogP contribution is -2.38. The van der Waals surface area contributed by atoms with Gasteiger partial charge >= 0.3 is 22.2 Å². The predicted octanol–water partition coefficient (Wildman–Crippen LogP) is 4.71. The van der Waals surface area contributed by atoms with Gasteiger partial charge < -0.3 is 19.0 Å². The number of ether oxygens (including phenoxy) is 2. The van der Waals surface area contributed by atoms with Gasteiger partial charge in [-0.2, -0.15) is 8.42 Å². The largest absolute Gasteiger partial charge is 0.459 e. The molecule has 0 radical (unpaired) electrons. The Bertz CT molecular complexity index is 1110. The van der Waals surface area contributed by atoms with Crippen LogP contribution >= 0.6 is 0 Å². The molecular formula is C25H33NO7S. The Hall–Kier alpha value is -3.07. The minimum atomic E-state index is -4.07. The zero-order valence-electron chi connectivity index (χ0n) is 20.7. The third kappa shape index (κ3) is 8.70. The summed E-state index contributed by atoms with van der Waals surface area (Å²) in [6.45, 7) is 12.1. The van der Waals surface area contributed by atoms with E-state index in [9.17, 15) is 18.0 Å². The van der Waals surface area contributed by atoms with E-state index in [0.717, 1.165) is 5.56 Å². The first-order valence-corrected chi connectivity index (χ1v) is 12.3. The maximum Gasteiger partial charge on any atom is 0.407 e. The van der Waals surface area contributed by atoms with E-state index in [1.54, 1.807) is 65.8 Å². The van der Waals surface area contributed by atoms with E-state index in [-0.39, 0.29) is 17.2 Å². The number of carbonyl (C=O) groups is 2. The molecule has 0 saturated heterocycles. The minimum Gasteiger partial charge on any atom is -0.459 e. The van der Waals surface area contributed by atoms with Gasteiger partial charge in [-0.05, 0) is 78.3 Å². The molecule has 9 heteroatoms. The van der Waals surface area contributed by atoms with Gasteiger partial charge in [0.1, 0.15) is 21.8 Å². The molecule has 0 bridgehead atoms. The summed E-state index contributed by atoms with van der Waals surface area (Å²) in [5.74, 6) is -1.47. The Balaban J connectivity index is 2.29. The summed E-state index contributed by atoms with van der Waals surface area (Å²) in [5.41, 5.74) is -0.131. The third-order valence-electron chi connectivity index (χ3n) is 4.32. The van der Waals surface area contributed by atoms with E-state index in [1.165, 1.54) is 24.3 Å². The quantitative estimate of drug-likeness (QED) is 0.441. The van der Waals surface area contributed by atoms with Gasteiger partial charge in [0.2, 0.25) is 0 Å². The number of aryl methyl sites for hydroxylation is 1. The van der Waals surface area contributed by atoms with Gasteiger partial charge in [-0.1, -0.05) is 29.8 Å². The number of amides is 1. The van der Waals surface area contributed by atoms with Crippen molar-refractivity contribution in [1.29, 1.82) is 0 Å². The normalized spacial score (nSPS) is 13.0. The molecule has 0 aromatic heterocycles. The van der Waals surface area contributed by atoms with E-state index in [2.05, 4.69) is 5.32 Å². The molecule has 0 spiro atoms. The molecular weight excluding hydrogens is 458 g/mol. The molecule has 186 valence electrons. The second-order valence-electron chi connectivity index (χ2n) is 9.89. The van der Waals surface area contributed by atoms with Gasteiger partial charge in [-0.25, -0.2) is 4.79 Å². The smallest absolute Gasteiger partial charge is 0.407 e. The number of hydrogen-bond acceptors (Lipinski definition) is 7. The molecule has 1 atom stereocenters. The molecule has 0 saturated carbocycles. The third-order valence-corrected chi connectivity index (χ3v) is 5.58. The first-order valence-electron chi connectivity index (χ1n) is 10.9. The van der Waals surface area contributed by atoms with Gasteiger partial charge in [-0.15, -0.1) is 0 Å². The number of esters is 1. The van der Waals surface area contributed by atoms with Crippen LogP contribution in [0.4, 0.5) is 4.79 Å². The van der Waals surface area contributed by atoms with Gasteiger partial charge in [0.25, 0.3) is 0 Å². The SMILES string of the molecule is Cc1ccc(S(=O)(=O)Oc2cccc(C(CNC(=O)OC(C)(C)C)C(=O)OC(C)(C)C)c2)cc1. The van der Waals surface area contributed by atoms with Crippen LogP contribution in [-0.2, 0) is 24.4 Å². The number of benzene rings is 2. The van der Waals surface area contributed by atoms with Crippen LogP contribution in [0.2, 0.25) is 0 Å². The highest BCUT2D eigenvalue weighted by molar-refractivity contribution is 7.87. The average Bonchev–Trinajstić information content (AvgIpc) is 2.65. The van der Waals surface area contributed by atoms with Crippen molar-refractivity contribution in [3.05, 3.63) is 59.7 Å². The topological polar surface area (TPSA) is 108 Å². The Morgan fingerprint density at radius 2 is 1.50 bits per heavy atom. The fraction of sp³-hybridized carbons (Fsp3) is 0.440. The van der Waals surface area contributed by atoms with Crippen molar-refractivity contribution in [2.24, 2.45) is 0 Å². The van der Waals surface area contributed by atoms with Crippen molar-refractivity contribution in [2.75, 3.05) is 6.54 Å². The molecule has 1 N–H and O–H groups in total. The highest BCUT2D eigenvalue weighted by Crippen LogP contribution is 2.26. The molecule has 1 amide bonds. The van der Waals surface area contributed by atoms with E-state index in [0.29, 0.717) is 5.56 Å². The molecule has 34 heavy (non-hydrogen) atoms. The molecule has 2 aromatic carbocycles. The molecule has 8 nitrogen and oxygen atoms in total. The average molecular weight is 492 g/mol. The Kier molecular flexibility index (Phi) is 8.36. The fourth-order valence-corrected chi connectivity index (χ4v) is 3.80. The van der Waals surface area contributed by atoms with Crippen LogP contribution < -0.4 is 9.50 Å². The van der Waals surface area contributed by atoms with E-state index < -0.39 is 39.3 Å². The summed E-state index contributed by atoms with van der Waals surface area (Å²) in [5, 5.41) is 2.58. The number of alkyl carbamates (subject to hydrolysis) is 1. The van der Waals surface area contributed by atoms with E-state index in [4.69, 9.17) is 13.7 Å². The van der Waals surface area contributed by atoms with Crippen molar-refractivity contribution in [2.45, 2.75) is 70.5 Å². The zero-order valence-corrected chi connectivity index (χ0v) is 21.5. The van der Waals surface area contributed by atoms with Crippen molar-refractivity contribution in [1.82, 2.24) is 5.32 Å². The maximum absolute atomic E-state index is 12.9. The molecule has 0 fully saturated rings. The lowest BCUT2D eigenvalue weighted by atomic mass is 9.98. The van der Waals surface area contributed by atoms with Crippen LogP contribution in [0.3, 0.4) is 0 Å². The van der Waals surface area contributed by atoms with Crippen molar-refractivity contribution in [3.63, 3.8) is 0 Å². The summed E-state index contributed by atoms with van der Waals surface area (Å²) >= 11 is 0. The van der Waals surface area contributed by atoms with Gasteiger partial charge in [0.15, 0.2) is 0 Å². The number of hydrogen-bond donors (Lipinski definition) is 1. The van der Waals surface area contributed by atoms with E-state index >= 15 is 0 Å². The van der Waals surface area contributed by atoms with Crippen LogP contribution in [0.15, 0.2) is 53.4 Å². The van der Waals surface area contributed by atoms with Gasteiger partial charge in [0.05, 0.1) is 5.92 Å². The molecule has 1 unspecified atom stereocenters. The highest BCUT2D eigenvalue weighted by Gasteiger charge is 2.29. The summed E-state index contributed by atoms with van der Waals surface area (Å²) < 4.78 is 41.4. The van der Waals surface area contributed by atoms with Crippen LogP contribution in [0.1, 0.15) is 58.6 Å². The van der Waals surface area contributed by atoms with Crippen LogP contribution in [0.5, 0.6) is 5.75 Å². The van der Waals surface area contributed by atoms with Gasteiger partial charge in [0, 0.05) is 6.54 Å². The maximum atomic E-state index is 12.9. The Morgan fingerprint density at radius 1 is 0.912 bits per heavy atom. The lowest BCUT2D eigenvalue weighted by Gasteiger charge is -2.25. The van der Waals surface area contributed by atoms with Crippen LogP contribution in [-0.4, -0.2) is 38.2 Å². The number of nitrogens with one attached hydrogen (secondary N) is 1. The van der Waals surface area contributed by atoms with E-state index in [1.807, 2.05) is 6.92 Å². The standard InChI is InChI=1S/C25H33NO7S/c1-17-11-13-20(14-12-17)34(29,30)33-19-10-8-9-18(15-19)21(22(27)31-24(2,3)4)16-26-23(28)32-25(5,6)7/h8-15,21H,16H2,1-7H3,(H,26,28). The molecule has 0 aliphatic rings. The monoisotopic (exact) mass is 491 g/mol. The van der Waals surface area contributed by atoms with Crippen molar-refractivity contribution >= 4 is 22.2 Å². The second kappa shape index (κ2) is 10.5. The molecule has 0 aliphatic carbocycles. The van der Waals surface area contributed by atoms with Crippen molar-refractivity contribution in [3.8, 4) is 5.75 Å². The summed E-state index contributed by atoms with van der Waals surface area (Å²) in [6.07, 6.45) is -0.685. The predicted molar refractivity (Wildman–Crippen MR) is 128 cm³/mol. The van der Waals surface area contributed by atoms with Gasteiger partial charge in [-0.3, -0.25) is 4.79 Å². The van der Waals surface area contributed by atoms with Crippen LogP contribution in [0, 0.1) is 6.92 Å². The summed E-state index contributed by atoms with van der Waals surface area (Å²) in [7, 11) is -4.07. The number of carbonyl (C=O) groups excluding carboxylic acids is 2. The second-order valence-corrected chi connectivity index (χ2v) is 11.4. The van der Waals surface area contributed by atoms with Crippen LogP contribution in [0.25, 0.3) is 0 Å². The first kappa shape index (κ1) is 27.2. The lowest BCUT2D eigenvalue weighted by molar-refractivity contribution is -0.156. The highest BCUT2D eigenvalue weighted by atomic mass is 32.2. The molecule has 0 heterocycles. The fourth-order valence-electron chi connectivity index (χ4n) is 2.87. The molecule has 2 aromatic rings. The first-order chi connectivity index (χ1) is 15.6. The van der Waals surface area contributed by atoms with Crippen molar-refractivity contribution < 1.29 is 31.7 Å². The summed E-state index contributed by atoms with van der Waals surface area (Å²) in [6, 6.07) is 12.4. The number of rotatable bonds is 7. The molecule has 2 rings (SSSR count). The Labute approximate surface area is 201 Å². The Morgan fingerprint density at radius 3 is 2.06 bits per heavy atom. The minimum absolute atomic E-state index is 0.0128.